The minimum atomic E-state index is -0.347. The molecule has 2 aromatic rings. The van der Waals surface area contributed by atoms with Gasteiger partial charge in [0, 0.05) is 61.6 Å². The second-order valence-electron chi connectivity index (χ2n) is 11.3. The van der Waals surface area contributed by atoms with Gasteiger partial charge in [0.25, 0.3) is 0 Å². The molecule has 0 unspecified atom stereocenters. The lowest BCUT2D eigenvalue weighted by atomic mass is 9.68. The van der Waals surface area contributed by atoms with Crippen molar-refractivity contribution in [1.82, 2.24) is 14.4 Å². The second-order valence-corrected chi connectivity index (χ2v) is 11.3. The SMILES string of the molecule is COc1ccc2c3c(n(C)c2c1)[C@@H](CO)N(C(=O)CC1CC1)CC31CCN(C(=O)C2CCC2)CC1. The summed E-state index contributed by atoms with van der Waals surface area (Å²) in [6.07, 6.45) is 7.74. The van der Waals surface area contributed by atoms with Crippen molar-refractivity contribution >= 4 is 22.7 Å². The molecule has 4 aliphatic rings. The Kier molecular flexibility index (Phi) is 5.59. The molecule has 0 radical (unpaired) electrons. The first-order valence-electron chi connectivity index (χ1n) is 13.3. The van der Waals surface area contributed by atoms with Gasteiger partial charge in [-0.05, 0) is 62.1 Å². The summed E-state index contributed by atoms with van der Waals surface area (Å²) in [5.74, 6) is 1.99. The molecule has 2 aliphatic carbocycles. The van der Waals surface area contributed by atoms with Crippen molar-refractivity contribution in [1.29, 1.82) is 0 Å². The average molecular weight is 480 g/mol. The number of likely N-dealkylation sites (tertiary alicyclic amines) is 1. The van der Waals surface area contributed by atoms with Crippen LogP contribution in [0.3, 0.4) is 0 Å². The van der Waals surface area contributed by atoms with Gasteiger partial charge in [-0.3, -0.25) is 9.59 Å². The average Bonchev–Trinajstić information content (AvgIpc) is 3.60. The Balaban J connectivity index is 1.42. The molecule has 6 rings (SSSR count). The third-order valence-corrected chi connectivity index (χ3v) is 9.29. The van der Waals surface area contributed by atoms with Gasteiger partial charge in [-0.15, -0.1) is 0 Å². The number of piperidine rings is 1. The summed E-state index contributed by atoms with van der Waals surface area (Å²) in [6, 6.07) is 5.85. The zero-order valence-corrected chi connectivity index (χ0v) is 21.0. The second kappa shape index (κ2) is 8.54. The molecule has 7 nitrogen and oxygen atoms in total. The van der Waals surface area contributed by atoms with Crippen LogP contribution in [-0.2, 0) is 22.1 Å². The van der Waals surface area contributed by atoms with E-state index in [1.807, 2.05) is 18.0 Å². The van der Waals surface area contributed by atoms with Gasteiger partial charge in [0.05, 0.1) is 25.3 Å². The lowest BCUT2D eigenvalue weighted by Gasteiger charge is -2.51. The van der Waals surface area contributed by atoms with Crippen LogP contribution in [0.1, 0.15) is 68.7 Å². The van der Waals surface area contributed by atoms with Gasteiger partial charge in [0.1, 0.15) is 5.75 Å². The van der Waals surface area contributed by atoms with E-state index in [0.29, 0.717) is 24.8 Å². The quantitative estimate of drug-likeness (QED) is 0.712. The van der Waals surface area contributed by atoms with E-state index in [0.717, 1.165) is 75.0 Å². The van der Waals surface area contributed by atoms with Gasteiger partial charge in [-0.25, -0.2) is 0 Å². The predicted octanol–water partition coefficient (Wildman–Crippen LogP) is 3.52. The first-order chi connectivity index (χ1) is 17.0. The van der Waals surface area contributed by atoms with E-state index in [4.69, 9.17) is 4.74 Å². The number of aliphatic hydroxyl groups is 1. The molecule has 2 amide bonds. The van der Waals surface area contributed by atoms with E-state index in [-0.39, 0.29) is 29.9 Å². The minimum absolute atomic E-state index is 0.0902. The lowest BCUT2D eigenvalue weighted by molar-refractivity contribution is -0.142. The number of methoxy groups -OCH3 is 1. The number of aliphatic hydroxyl groups excluding tert-OH is 1. The van der Waals surface area contributed by atoms with Crippen molar-refractivity contribution in [3.8, 4) is 5.75 Å². The molecule has 1 aromatic carbocycles. The van der Waals surface area contributed by atoms with Gasteiger partial charge < -0.3 is 24.2 Å². The highest BCUT2D eigenvalue weighted by Crippen LogP contribution is 2.51. The molecule has 3 heterocycles. The highest BCUT2D eigenvalue weighted by Gasteiger charge is 2.50. The maximum Gasteiger partial charge on any atom is 0.225 e. The number of hydrogen-bond donors (Lipinski definition) is 1. The number of rotatable bonds is 5. The van der Waals surface area contributed by atoms with E-state index in [9.17, 15) is 14.7 Å². The van der Waals surface area contributed by atoms with E-state index in [2.05, 4.69) is 21.6 Å². The molecule has 2 saturated carbocycles. The number of aromatic nitrogens is 1. The van der Waals surface area contributed by atoms with Crippen molar-refractivity contribution < 1.29 is 19.4 Å². The van der Waals surface area contributed by atoms with Crippen LogP contribution < -0.4 is 4.74 Å². The van der Waals surface area contributed by atoms with Crippen LogP contribution in [0.15, 0.2) is 18.2 Å². The first kappa shape index (κ1) is 22.9. The Morgan fingerprint density at radius 2 is 1.89 bits per heavy atom. The molecular weight excluding hydrogens is 442 g/mol. The molecule has 1 aromatic heterocycles. The molecule has 188 valence electrons. The Labute approximate surface area is 207 Å². The molecule has 0 bridgehead atoms. The Morgan fingerprint density at radius 3 is 2.49 bits per heavy atom. The van der Waals surface area contributed by atoms with E-state index in [1.54, 1.807) is 7.11 Å². The number of carbonyl (C=O) groups is 2. The molecule has 1 atom stereocenters. The highest BCUT2D eigenvalue weighted by atomic mass is 16.5. The Bertz CT molecular complexity index is 1150. The van der Waals surface area contributed by atoms with E-state index >= 15 is 0 Å². The monoisotopic (exact) mass is 479 g/mol. The summed E-state index contributed by atoms with van der Waals surface area (Å²) in [5, 5.41) is 11.7. The van der Waals surface area contributed by atoms with Gasteiger partial charge in [-0.2, -0.15) is 0 Å². The van der Waals surface area contributed by atoms with E-state index in [1.165, 1.54) is 10.9 Å². The number of hydrogen-bond acceptors (Lipinski definition) is 4. The van der Waals surface area contributed by atoms with Crippen LogP contribution in [0.2, 0.25) is 0 Å². The van der Waals surface area contributed by atoms with Crippen LogP contribution in [0.25, 0.3) is 10.9 Å². The van der Waals surface area contributed by atoms with Crippen molar-refractivity contribution in [3.05, 3.63) is 29.5 Å². The van der Waals surface area contributed by atoms with Crippen molar-refractivity contribution in [3.63, 3.8) is 0 Å². The molecule has 1 saturated heterocycles. The standard InChI is InChI=1S/C28H37N3O4/c1-29-22-15-20(35-2)8-9-21(22)25-26(29)23(16-32)31(24(33)14-18-6-7-18)17-28(25)10-12-30(13-11-28)27(34)19-4-3-5-19/h8-9,15,18-19,23,32H,3-7,10-14,16-17H2,1-2H3/t23-/m1/s1. The number of carbonyl (C=O) groups excluding carboxylic acids is 2. The van der Waals surface area contributed by atoms with Crippen molar-refractivity contribution in [2.75, 3.05) is 33.4 Å². The largest absolute Gasteiger partial charge is 0.497 e. The summed E-state index contributed by atoms with van der Waals surface area (Å²) in [4.78, 5) is 30.5. The predicted molar refractivity (Wildman–Crippen MR) is 133 cm³/mol. The number of nitrogens with zero attached hydrogens (tertiary/aromatic N) is 3. The van der Waals surface area contributed by atoms with Crippen LogP contribution in [-0.4, -0.2) is 64.6 Å². The summed E-state index contributed by atoms with van der Waals surface area (Å²) in [7, 11) is 3.72. The topological polar surface area (TPSA) is 75.0 Å². The van der Waals surface area contributed by atoms with Crippen molar-refractivity contribution in [2.45, 2.75) is 62.8 Å². The fraction of sp³-hybridized carbons (Fsp3) is 0.643. The third kappa shape index (κ3) is 3.65. The zero-order valence-electron chi connectivity index (χ0n) is 21.0. The molecule has 1 spiro atoms. The maximum atomic E-state index is 13.5. The number of benzene rings is 1. The molecule has 7 heteroatoms. The highest BCUT2D eigenvalue weighted by molar-refractivity contribution is 5.90. The molecule has 35 heavy (non-hydrogen) atoms. The smallest absolute Gasteiger partial charge is 0.225 e. The first-order valence-corrected chi connectivity index (χ1v) is 13.3. The minimum Gasteiger partial charge on any atom is -0.497 e. The summed E-state index contributed by atoms with van der Waals surface area (Å²) in [6.45, 7) is 1.99. The normalized spacial score (nSPS) is 23.9. The van der Waals surface area contributed by atoms with Gasteiger partial charge in [0.15, 0.2) is 0 Å². The number of fused-ring (bicyclic) bond motifs is 4. The fourth-order valence-electron chi connectivity index (χ4n) is 6.78. The summed E-state index contributed by atoms with van der Waals surface area (Å²) < 4.78 is 7.68. The molecular formula is C28H37N3O4. The zero-order chi connectivity index (χ0) is 24.3. The van der Waals surface area contributed by atoms with Crippen LogP contribution in [0, 0.1) is 11.8 Å². The number of ether oxygens (including phenoxy) is 1. The third-order valence-electron chi connectivity index (χ3n) is 9.29. The summed E-state index contributed by atoms with van der Waals surface area (Å²) in [5.41, 5.74) is 3.16. The van der Waals surface area contributed by atoms with Crippen molar-refractivity contribution in [2.24, 2.45) is 18.9 Å². The number of aryl methyl sites for hydroxylation is 1. The molecule has 3 fully saturated rings. The van der Waals surface area contributed by atoms with Gasteiger partial charge >= 0.3 is 0 Å². The van der Waals surface area contributed by atoms with Crippen LogP contribution >= 0.6 is 0 Å². The Morgan fingerprint density at radius 1 is 1.14 bits per heavy atom. The van der Waals surface area contributed by atoms with Gasteiger partial charge in [-0.1, -0.05) is 6.42 Å². The lowest BCUT2D eigenvalue weighted by Crippen LogP contribution is -2.56. The summed E-state index contributed by atoms with van der Waals surface area (Å²) >= 11 is 0. The van der Waals surface area contributed by atoms with Crippen LogP contribution in [0.5, 0.6) is 5.75 Å². The van der Waals surface area contributed by atoms with E-state index < -0.39 is 0 Å². The number of amides is 2. The molecule has 1 N–H and O–H groups in total. The fourth-order valence-corrected chi connectivity index (χ4v) is 6.78. The molecule has 2 aliphatic heterocycles. The van der Waals surface area contributed by atoms with Gasteiger partial charge in [0.2, 0.25) is 11.8 Å². The Hall–Kier alpha value is -2.54. The maximum absolute atomic E-state index is 13.5. The van der Waals surface area contributed by atoms with Crippen LogP contribution in [0.4, 0.5) is 0 Å².